The summed E-state index contributed by atoms with van der Waals surface area (Å²) >= 11 is 0. The predicted octanol–water partition coefficient (Wildman–Crippen LogP) is 1.49. The Morgan fingerprint density at radius 2 is 2.12 bits per heavy atom. The molecule has 2 saturated heterocycles. The third-order valence-electron chi connectivity index (χ3n) is 4.00. The molecule has 2 heterocycles. The van der Waals surface area contributed by atoms with Crippen LogP contribution in [-0.4, -0.2) is 50.8 Å². The van der Waals surface area contributed by atoms with Gasteiger partial charge in [0.25, 0.3) is 0 Å². The number of piperidine rings is 1. The van der Waals surface area contributed by atoms with Crippen LogP contribution in [0.2, 0.25) is 0 Å². The fourth-order valence-electron chi connectivity index (χ4n) is 3.04. The normalized spacial score (nSPS) is 29.8. The van der Waals surface area contributed by atoms with Crippen molar-refractivity contribution >= 4 is 0 Å². The molecule has 0 radical (unpaired) electrons. The standard InChI is InChI=1S/C13H26N2O/c1-13(5-7-14-8-6-13)11-15(2)10-12-4-3-9-16-12/h12,14H,3-11H2,1-2H3. The summed E-state index contributed by atoms with van der Waals surface area (Å²) in [7, 11) is 2.25. The molecule has 2 fully saturated rings. The van der Waals surface area contributed by atoms with Gasteiger partial charge in [-0.1, -0.05) is 6.92 Å². The molecule has 1 N–H and O–H groups in total. The van der Waals surface area contributed by atoms with Gasteiger partial charge in [0.05, 0.1) is 6.10 Å². The molecule has 2 aliphatic rings. The average Bonchev–Trinajstić information content (AvgIpc) is 2.70. The van der Waals surface area contributed by atoms with Crippen LogP contribution in [0.25, 0.3) is 0 Å². The van der Waals surface area contributed by atoms with Crippen LogP contribution in [0.1, 0.15) is 32.6 Å². The van der Waals surface area contributed by atoms with Crippen molar-refractivity contribution in [3.63, 3.8) is 0 Å². The van der Waals surface area contributed by atoms with Gasteiger partial charge in [-0.05, 0) is 51.2 Å². The molecule has 0 aromatic heterocycles. The van der Waals surface area contributed by atoms with E-state index < -0.39 is 0 Å². The van der Waals surface area contributed by atoms with Crippen molar-refractivity contribution in [2.45, 2.75) is 38.7 Å². The minimum atomic E-state index is 0.496. The average molecular weight is 226 g/mol. The van der Waals surface area contributed by atoms with Crippen molar-refractivity contribution in [1.29, 1.82) is 0 Å². The third-order valence-corrected chi connectivity index (χ3v) is 4.00. The maximum atomic E-state index is 5.69. The number of hydrogen-bond acceptors (Lipinski definition) is 3. The summed E-state index contributed by atoms with van der Waals surface area (Å²) in [4.78, 5) is 2.47. The summed E-state index contributed by atoms with van der Waals surface area (Å²) in [6.07, 6.45) is 5.61. The van der Waals surface area contributed by atoms with Gasteiger partial charge in [0, 0.05) is 19.7 Å². The first kappa shape index (κ1) is 12.3. The Hall–Kier alpha value is -0.120. The topological polar surface area (TPSA) is 24.5 Å². The van der Waals surface area contributed by atoms with E-state index in [2.05, 4.69) is 24.2 Å². The van der Waals surface area contributed by atoms with Gasteiger partial charge >= 0.3 is 0 Å². The SMILES string of the molecule is CN(CC1CCCO1)CC1(C)CCNCC1. The largest absolute Gasteiger partial charge is 0.377 e. The van der Waals surface area contributed by atoms with Gasteiger partial charge in [-0.25, -0.2) is 0 Å². The number of likely N-dealkylation sites (N-methyl/N-ethyl adjacent to an activating group) is 1. The molecule has 0 saturated carbocycles. The van der Waals surface area contributed by atoms with E-state index in [0.29, 0.717) is 11.5 Å². The molecule has 0 aromatic carbocycles. The zero-order valence-electron chi connectivity index (χ0n) is 10.8. The van der Waals surface area contributed by atoms with Crippen molar-refractivity contribution in [3.05, 3.63) is 0 Å². The molecule has 1 unspecified atom stereocenters. The van der Waals surface area contributed by atoms with Gasteiger partial charge in [-0.2, -0.15) is 0 Å². The Morgan fingerprint density at radius 3 is 2.75 bits per heavy atom. The van der Waals surface area contributed by atoms with Gasteiger partial charge in [0.1, 0.15) is 0 Å². The fourth-order valence-corrected chi connectivity index (χ4v) is 3.04. The first-order chi connectivity index (χ1) is 7.68. The minimum absolute atomic E-state index is 0.496. The smallest absolute Gasteiger partial charge is 0.0702 e. The van der Waals surface area contributed by atoms with Crippen molar-refractivity contribution in [3.8, 4) is 0 Å². The Balaban J connectivity index is 1.74. The van der Waals surface area contributed by atoms with Gasteiger partial charge in [0.2, 0.25) is 0 Å². The van der Waals surface area contributed by atoms with Crippen LogP contribution < -0.4 is 5.32 Å². The lowest BCUT2D eigenvalue weighted by atomic mass is 9.80. The van der Waals surface area contributed by atoms with E-state index in [1.807, 2.05) is 0 Å². The monoisotopic (exact) mass is 226 g/mol. The van der Waals surface area contributed by atoms with E-state index in [4.69, 9.17) is 4.74 Å². The predicted molar refractivity (Wildman–Crippen MR) is 66.7 cm³/mol. The first-order valence-corrected chi connectivity index (χ1v) is 6.69. The van der Waals surface area contributed by atoms with Crippen LogP contribution in [-0.2, 0) is 4.74 Å². The number of rotatable bonds is 4. The summed E-state index contributed by atoms with van der Waals surface area (Å²) in [5, 5.41) is 3.44. The number of hydrogen-bond donors (Lipinski definition) is 1. The summed E-state index contributed by atoms with van der Waals surface area (Å²) in [6.45, 7) is 8.10. The maximum absolute atomic E-state index is 5.69. The highest BCUT2D eigenvalue weighted by molar-refractivity contribution is 4.83. The summed E-state index contributed by atoms with van der Waals surface area (Å²) in [5.74, 6) is 0. The molecule has 0 amide bonds. The molecule has 0 aliphatic carbocycles. The molecule has 0 aromatic rings. The van der Waals surface area contributed by atoms with Crippen LogP contribution in [0.15, 0.2) is 0 Å². The molecule has 16 heavy (non-hydrogen) atoms. The molecular formula is C13H26N2O. The second kappa shape index (κ2) is 5.48. The van der Waals surface area contributed by atoms with Gasteiger partial charge in [-0.15, -0.1) is 0 Å². The minimum Gasteiger partial charge on any atom is -0.377 e. The maximum Gasteiger partial charge on any atom is 0.0702 e. The molecule has 0 bridgehead atoms. The van der Waals surface area contributed by atoms with Crippen LogP contribution in [0.3, 0.4) is 0 Å². The van der Waals surface area contributed by atoms with Crippen molar-refractivity contribution in [1.82, 2.24) is 10.2 Å². The lowest BCUT2D eigenvalue weighted by Gasteiger charge is -2.37. The Morgan fingerprint density at radius 1 is 1.38 bits per heavy atom. The van der Waals surface area contributed by atoms with E-state index >= 15 is 0 Å². The van der Waals surface area contributed by atoms with Crippen LogP contribution >= 0.6 is 0 Å². The summed E-state index contributed by atoms with van der Waals surface area (Å²) in [6, 6.07) is 0. The molecule has 1 atom stereocenters. The van der Waals surface area contributed by atoms with Gasteiger partial charge in [-0.3, -0.25) is 0 Å². The zero-order valence-corrected chi connectivity index (χ0v) is 10.8. The number of nitrogens with one attached hydrogen (secondary N) is 1. The van der Waals surface area contributed by atoms with E-state index in [-0.39, 0.29) is 0 Å². The second-order valence-electron chi connectivity index (χ2n) is 5.89. The highest BCUT2D eigenvalue weighted by Gasteiger charge is 2.29. The van der Waals surface area contributed by atoms with Crippen molar-refractivity contribution < 1.29 is 4.74 Å². The van der Waals surface area contributed by atoms with Crippen LogP contribution in [0, 0.1) is 5.41 Å². The first-order valence-electron chi connectivity index (χ1n) is 6.69. The lowest BCUT2D eigenvalue weighted by molar-refractivity contribution is 0.0611. The Bertz CT molecular complexity index is 208. The number of ether oxygens (including phenoxy) is 1. The second-order valence-corrected chi connectivity index (χ2v) is 5.89. The fraction of sp³-hybridized carbons (Fsp3) is 1.00. The van der Waals surface area contributed by atoms with Gasteiger partial charge in [0.15, 0.2) is 0 Å². The molecule has 3 heteroatoms. The molecular weight excluding hydrogens is 200 g/mol. The van der Waals surface area contributed by atoms with E-state index in [1.165, 1.54) is 45.3 Å². The van der Waals surface area contributed by atoms with Crippen molar-refractivity contribution in [2.75, 3.05) is 39.8 Å². The lowest BCUT2D eigenvalue weighted by Crippen LogP contribution is -2.43. The number of nitrogens with zero attached hydrogens (tertiary/aromatic N) is 1. The van der Waals surface area contributed by atoms with Gasteiger partial charge < -0.3 is 15.0 Å². The Kier molecular flexibility index (Phi) is 4.22. The summed E-state index contributed by atoms with van der Waals surface area (Å²) < 4.78 is 5.69. The zero-order chi connectivity index (χ0) is 11.4. The van der Waals surface area contributed by atoms with Crippen LogP contribution in [0.5, 0.6) is 0 Å². The molecule has 0 spiro atoms. The van der Waals surface area contributed by atoms with Crippen molar-refractivity contribution in [2.24, 2.45) is 5.41 Å². The highest BCUT2D eigenvalue weighted by atomic mass is 16.5. The van der Waals surface area contributed by atoms with E-state index in [1.54, 1.807) is 0 Å². The van der Waals surface area contributed by atoms with E-state index in [0.717, 1.165) is 13.2 Å². The highest BCUT2D eigenvalue weighted by Crippen LogP contribution is 2.28. The Labute approximate surface area is 99.5 Å². The quantitative estimate of drug-likeness (QED) is 0.786. The molecule has 94 valence electrons. The molecule has 3 nitrogen and oxygen atoms in total. The third kappa shape index (κ3) is 3.44. The van der Waals surface area contributed by atoms with E-state index in [9.17, 15) is 0 Å². The molecule has 2 aliphatic heterocycles. The summed E-state index contributed by atoms with van der Waals surface area (Å²) in [5.41, 5.74) is 0.513. The van der Waals surface area contributed by atoms with Crippen LogP contribution in [0.4, 0.5) is 0 Å². The molecule has 2 rings (SSSR count).